The number of nitrogens with two attached hydrogens (primary N) is 2. The summed E-state index contributed by atoms with van der Waals surface area (Å²) >= 11 is 0. The predicted molar refractivity (Wildman–Crippen MR) is 92.3 cm³/mol. The van der Waals surface area contributed by atoms with E-state index in [1.54, 1.807) is 0 Å². The van der Waals surface area contributed by atoms with Crippen LogP contribution >= 0.6 is 0 Å². The molecule has 6 atom stereocenters. The molecule has 0 radical (unpaired) electrons. The Morgan fingerprint density at radius 1 is 1.12 bits per heavy atom. The summed E-state index contributed by atoms with van der Waals surface area (Å²) < 4.78 is 0. The molecule has 0 spiro atoms. The summed E-state index contributed by atoms with van der Waals surface area (Å²) in [5.74, 6) is 3.47. The standard InChI is InChI=1S/C19H27N3O2/c1-2-17(23)8-6-14-15(17)7-10-19(21)16(14)4-3-12-11-13(22-24)5-9-18(12,19)20/h1,11,14-16,23-24H,3-10,20-21H2/b22-13+/t14-,15?,16?,17+,18?,19-/m1/s1. The third-order valence-corrected chi connectivity index (χ3v) is 7.66. The highest BCUT2D eigenvalue weighted by Gasteiger charge is 2.64. The van der Waals surface area contributed by atoms with Crippen LogP contribution in [0.4, 0.5) is 0 Å². The average molecular weight is 329 g/mol. The lowest BCUT2D eigenvalue weighted by Gasteiger charge is -2.61. The van der Waals surface area contributed by atoms with E-state index in [1.807, 2.05) is 6.08 Å². The monoisotopic (exact) mass is 329 g/mol. The minimum Gasteiger partial charge on any atom is -0.411 e. The maximum absolute atomic E-state index is 10.8. The summed E-state index contributed by atoms with van der Waals surface area (Å²) in [6.45, 7) is 0. The molecule has 0 heterocycles. The first kappa shape index (κ1) is 16.1. The Morgan fingerprint density at radius 3 is 2.62 bits per heavy atom. The van der Waals surface area contributed by atoms with Crippen LogP contribution in [-0.2, 0) is 0 Å². The molecule has 0 aliphatic heterocycles. The number of terminal acetylenes is 1. The Bertz CT molecular complexity index is 666. The number of hydrogen-bond acceptors (Lipinski definition) is 5. The molecule has 24 heavy (non-hydrogen) atoms. The van der Waals surface area contributed by atoms with Crippen LogP contribution in [0.5, 0.6) is 0 Å². The summed E-state index contributed by atoms with van der Waals surface area (Å²) in [7, 11) is 0. The van der Waals surface area contributed by atoms with Gasteiger partial charge < -0.3 is 21.8 Å². The van der Waals surface area contributed by atoms with Crippen molar-refractivity contribution in [2.45, 2.75) is 68.0 Å². The smallest absolute Gasteiger partial charge is 0.128 e. The number of nitrogens with zero attached hydrogens (tertiary/aromatic N) is 1. The number of oxime groups is 1. The third-order valence-electron chi connectivity index (χ3n) is 7.66. The van der Waals surface area contributed by atoms with Crippen molar-refractivity contribution in [2.75, 3.05) is 0 Å². The van der Waals surface area contributed by atoms with E-state index in [0.29, 0.717) is 30.4 Å². The van der Waals surface area contributed by atoms with Gasteiger partial charge in [0, 0.05) is 11.5 Å². The first-order chi connectivity index (χ1) is 11.4. The van der Waals surface area contributed by atoms with E-state index in [9.17, 15) is 5.11 Å². The fourth-order valence-corrected chi connectivity index (χ4v) is 6.33. The summed E-state index contributed by atoms with van der Waals surface area (Å²) in [6, 6.07) is 0. The lowest BCUT2D eigenvalue weighted by atomic mass is 9.48. The molecule has 4 rings (SSSR count). The number of allylic oxidation sites excluding steroid dienone is 1. The van der Waals surface area contributed by atoms with Crippen LogP contribution in [-0.4, -0.2) is 32.7 Å². The summed E-state index contributed by atoms with van der Waals surface area (Å²) in [4.78, 5) is 0. The van der Waals surface area contributed by atoms with E-state index in [1.165, 1.54) is 0 Å². The van der Waals surface area contributed by atoms with Gasteiger partial charge in [0.15, 0.2) is 0 Å². The highest BCUT2D eigenvalue weighted by atomic mass is 16.4. The molecule has 6 N–H and O–H groups in total. The van der Waals surface area contributed by atoms with Gasteiger partial charge in [0.2, 0.25) is 0 Å². The Balaban J connectivity index is 1.72. The van der Waals surface area contributed by atoms with Gasteiger partial charge in [-0.25, -0.2) is 0 Å². The van der Waals surface area contributed by atoms with Gasteiger partial charge in [-0.2, -0.15) is 0 Å². The van der Waals surface area contributed by atoms with E-state index in [0.717, 1.165) is 44.1 Å². The first-order valence-corrected chi connectivity index (χ1v) is 9.08. The molecule has 3 saturated carbocycles. The normalized spacial score (nSPS) is 52.0. The molecule has 0 aromatic rings. The van der Waals surface area contributed by atoms with Gasteiger partial charge in [0.25, 0.3) is 0 Å². The highest BCUT2D eigenvalue weighted by Crippen LogP contribution is 2.60. The quantitative estimate of drug-likeness (QED) is 0.307. The van der Waals surface area contributed by atoms with Crippen LogP contribution in [0.2, 0.25) is 0 Å². The van der Waals surface area contributed by atoms with Crippen molar-refractivity contribution in [1.82, 2.24) is 0 Å². The SMILES string of the molecule is C#C[C@]1(O)CC[C@H]2C3CCC4=C/C(=N/O)CCC4(N)[C@@]3(N)CCC21. The largest absolute Gasteiger partial charge is 0.411 e. The molecule has 0 amide bonds. The van der Waals surface area contributed by atoms with Crippen LogP contribution in [0.15, 0.2) is 16.8 Å². The van der Waals surface area contributed by atoms with Crippen LogP contribution in [0.25, 0.3) is 0 Å². The Labute approximate surface area is 143 Å². The summed E-state index contributed by atoms with van der Waals surface area (Å²) in [5.41, 5.74) is 13.8. The van der Waals surface area contributed by atoms with E-state index < -0.39 is 16.7 Å². The van der Waals surface area contributed by atoms with Gasteiger partial charge in [-0.05, 0) is 74.9 Å². The minimum absolute atomic E-state index is 0.150. The van der Waals surface area contributed by atoms with Gasteiger partial charge in [-0.1, -0.05) is 11.1 Å². The Kier molecular flexibility index (Phi) is 3.41. The summed E-state index contributed by atoms with van der Waals surface area (Å²) in [5, 5.41) is 23.2. The lowest BCUT2D eigenvalue weighted by molar-refractivity contribution is -0.0381. The van der Waals surface area contributed by atoms with Crippen LogP contribution < -0.4 is 11.5 Å². The van der Waals surface area contributed by atoms with Crippen LogP contribution in [0.3, 0.4) is 0 Å². The predicted octanol–water partition coefficient (Wildman–Crippen LogP) is 1.53. The minimum atomic E-state index is -0.965. The number of aliphatic hydroxyl groups is 1. The van der Waals surface area contributed by atoms with Crippen molar-refractivity contribution in [3.05, 3.63) is 11.6 Å². The van der Waals surface area contributed by atoms with Crippen LogP contribution in [0.1, 0.15) is 51.4 Å². The van der Waals surface area contributed by atoms with Crippen molar-refractivity contribution in [3.8, 4) is 12.3 Å². The number of fused-ring (bicyclic) bond motifs is 5. The molecule has 130 valence electrons. The topological polar surface area (TPSA) is 105 Å². The van der Waals surface area contributed by atoms with E-state index >= 15 is 0 Å². The molecule has 0 aromatic heterocycles. The van der Waals surface area contributed by atoms with Gasteiger partial charge in [0.1, 0.15) is 5.60 Å². The molecule has 3 fully saturated rings. The molecular weight excluding hydrogens is 302 g/mol. The van der Waals surface area contributed by atoms with Crippen molar-refractivity contribution < 1.29 is 10.3 Å². The lowest BCUT2D eigenvalue weighted by Crippen LogP contribution is -2.75. The molecular formula is C19H27N3O2. The maximum atomic E-state index is 10.8. The maximum Gasteiger partial charge on any atom is 0.128 e. The fraction of sp³-hybridized carbons (Fsp3) is 0.737. The zero-order valence-corrected chi connectivity index (χ0v) is 14.0. The molecule has 0 bridgehead atoms. The van der Waals surface area contributed by atoms with Crippen LogP contribution in [0, 0.1) is 30.1 Å². The van der Waals surface area contributed by atoms with E-state index in [-0.39, 0.29) is 5.92 Å². The third kappa shape index (κ3) is 1.85. The van der Waals surface area contributed by atoms with Gasteiger partial charge >= 0.3 is 0 Å². The van der Waals surface area contributed by atoms with Crippen molar-refractivity contribution in [2.24, 2.45) is 34.4 Å². The molecule has 5 heteroatoms. The van der Waals surface area contributed by atoms with E-state index in [4.69, 9.17) is 23.1 Å². The van der Waals surface area contributed by atoms with Crippen molar-refractivity contribution >= 4 is 5.71 Å². The van der Waals surface area contributed by atoms with Crippen molar-refractivity contribution in [3.63, 3.8) is 0 Å². The molecule has 0 aromatic carbocycles. The number of hydrogen-bond donors (Lipinski definition) is 4. The van der Waals surface area contributed by atoms with E-state index in [2.05, 4.69) is 11.1 Å². The van der Waals surface area contributed by atoms with Crippen molar-refractivity contribution in [1.29, 1.82) is 0 Å². The zero-order valence-electron chi connectivity index (χ0n) is 14.0. The van der Waals surface area contributed by atoms with Gasteiger partial charge in [-0.15, -0.1) is 6.42 Å². The second-order valence-electron chi connectivity index (χ2n) is 8.33. The summed E-state index contributed by atoms with van der Waals surface area (Å²) in [6.07, 6.45) is 14.1. The Morgan fingerprint density at radius 2 is 1.92 bits per heavy atom. The molecule has 4 aliphatic rings. The average Bonchev–Trinajstić information content (AvgIpc) is 2.92. The second-order valence-corrected chi connectivity index (χ2v) is 8.33. The second kappa shape index (κ2) is 5.08. The van der Waals surface area contributed by atoms with Gasteiger partial charge in [0.05, 0.1) is 11.3 Å². The first-order valence-electron chi connectivity index (χ1n) is 9.08. The zero-order chi connectivity index (χ0) is 17.2. The van der Waals surface area contributed by atoms with Gasteiger partial charge in [-0.3, -0.25) is 0 Å². The molecule has 0 saturated heterocycles. The fourth-order valence-electron chi connectivity index (χ4n) is 6.33. The Hall–Kier alpha value is -1.35. The highest BCUT2D eigenvalue weighted by molar-refractivity contribution is 5.96. The number of rotatable bonds is 0. The molecule has 4 aliphatic carbocycles. The molecule has 3 unspecified atom stereocenters. The molecule has 5 nitrogen and oxygen atoms in total.